The van der Waals surface area contributed by atoms with Gasteiger partial charge < -0.3 is 44.2 Å². The third-order valence-corrected chi connectivity index (χ3v) is 22.9. The van der Waals surface area contributed by atoms with E-state index in [0.717, 1.165) is 103 Å². The summed E-state index contributed by atoms with van der Waals surface area (Å²) in [5, 5.41) is 32.0. The van der Waals surface area contributed by atoms with Crippen molar-refractivity contribution in [1.29, 1.82) is 0 Å². The summed E-state index contributed by atoms with van der Waals surface area (Å²) in [4.78, 5) is 47.7. The van der Waals surface area contributed by atoms with Crippen molar-refractivity contribution in [1.82, 2.24) is 14.7 Å². The minimum absolute atomic E-state index is 0.0523. The summed E-state index contributed by atoms with van der Waals surface area (Å²) in [6.07, 6.45) is -4.45. The molecule has 552 valence electrons. The number of ketones is 3. The molecule has 3 fully saturated rings. The molecule has 0 unspecified atom stereocenters. The molecule has 3 saturated heterocycles. The maximum atomic E-state index is 14.3. The Balaban J connectivity index is 0.000000142. The van der Waals surface area contributed by atoms with Gasteiger partial charge in [-0.05, 0) is 184 Å². The summed E-state index contributed by atoms with van der Waals surface area (Å²) in [7, 11) is 0. The van der Waals surface area contributed by atoms with Gasteiger partial charge in [-0.2, -0.15) is 0 Å². The molecule has 107 heavy (non-hydrogen) atoms. The SMILES string of the molecule is Cc1ccc(C(=O)c2sc3cc(O)ccc3c2Oc2ccc(CCN3CC(C(F)F)C3)cc2)c(C)c1.Cc1ccc(C)c(C(=O)c2sc3cc(O)ccc3c2Oc2ccc(CCN3CC(C(F)F)C3)cc2)c1.O=C(c1ccccc1F)c1sc2cc(O)ccc2c1Oc1ccc(CCN2CC(C(F)F)C2)cc1. The lowest BCUT2D eigenvalue weighted by molar-refractivity contribution is -0.0235. The quantitative estimate of drug-likeness (QED) is 0.0390. The van der Waals surface area contributed by atoms with Gasteiger partial charge in [-0.3, -0.25) is 14.4 Å². The van der Waals surface area contributed by atoms with Crippen molar-refractivity contribution in [2.45, 2.75) is 66.2 Å². The third-order valence-electron chi connectivity index (χ3n) is 19.5. The Labute approximate surface area is 626 Å². The number of hydrogen-bond acceptors (Lipinski definition) is 15. The second kappa shape index (κ2) is 33.1. The molecule has 12 aromatic rings. The molecule has 0 radical (unpaired) electrons. The van der Waals surface area contributed by atoms with Crippen LogP contribution in [0.4, 0.5) is 30.7 Å². The number of carbonyl (C=O) groups excluding carboxylic acids is 3. The average molecular weight is 1510 g/mol. The highest BCUT2D eigenvalue weighted by Crippen LogP contribution is 2.47. The number of carbonyl (C=O) groups is 3. The smallest absolute Gasteiger partial charge is 0.243 e. The molecule has 0 amide bonds. The molecule has 22 heteroatoms. The van der Waals surface area contributed by atoms with Crippen LogP contribution in [-0.2, 0) is 19.3 Å². The molecule has 15 rings (SSSR count). The Kier molecular flexibility index (Phi) is 23.3. The van der Waals surface area contributed by atoms with Gasteiger partial charge in [-0.25, -0.2) is 30.7 Å². The molecule has 9 aromatic carbocycles. The van der Waals surface area contributed by atoms with Gasteiger partial charge in [0.05, 0.1) is 5.56 Å². The monoisotopic (exact) mass is 1510 g/mol. The number of benzene rings is 9. The summed E-state index contributed by atoms with van der Waals surface area (Å²) in [6.45, 7) is 12.7. The second-order valence-electron chi connectivity index (χ2n) is 27.5. The molecule has 3 aromatic heterocycles. The average Bonchev–Trinajstić information content (AvgIpc) is 1.64. The lowest BCUT2D eigenvalue weighted by Gasteiger charge is -2.38. The normalized spacial score (nSPS) is 14.4. The third kappa shape index (κ3) is 17.7. The highest BCUT2D eigenvalue weighted by Gasteiger charge is 2.36. The molecule has 0 bridgehead atoms. The molecule has 0 atom stereocenters. The van der Waals surface area contributed by atoms with Crippen molar-refractivity contribution in [2.75, 3.05) is 58.9 Å². The summed E-state index contributed by atoms with van der Waals surface area (Å²) < 4.78 is 111. The van der Waals surface area contributed by atoms with Gasteiger partial charge in [0, 0.05) is 118 Å². The molecule has 6 heterocycles. The van der Waals surface area contributed by atoms with E-state index in [0.29, 0.717) is 111 Å². The summed E-state index contributed by atoms with van der Waals surface area (Å²) in [6, 6.07) is 54.8. The van der Waals surface area contributed by atoms with Gasteiger partial charge in [0.2, 0.25) is 36.6 Å². The Morgan fingerprint density at radius 3 is 1.08 bits per heavy atom. The lowest BCUT2D eigenvalue weighted by Crippen LogP contribution is -2.50. The minimum atomic E-state index is -2.25. The van der Waals surface area contributed by atoms with Gasteiger partial charge in [-0.1, -0.05) is 90.0 Å². The Morgan fingerprint density at radius 2 is 0.729 bits per heavy atom. The first-order chi connectivity index (χ1) is 51.4. The van der Waals surface area contributed by atoms with Crippen molar-refractivity contribution in [3.05, 3.63) is 264 Å². The number of likely N-dealkylation sites (tertiary alicyclic amines) is 3. The second-order valence-corrected chi connectivity index (χ2v) is 30.6. The fourth-order valence-corrected chi connectivity index (χ4v) is 16.6. The minimum Gasteiger partial charge on any atom is -0.508 e. The Morgan fingerprint density at radius 1 is 0.393 bits per heavy atom. The number of phenolic OH excluding ortho intramolecular Hbond substituents is 3. The van der Waals surface area contributed by atoms with E-state index in [9.17, 15) is 60.4 Å². The maximum Gasteiger partial charge on any atom is 0.243 e. The first-order valence-electron chi connectivity index (χ1n) is 35.1. The topological polar surface area (TPSA) is 149 Å². The van der Waals surface area contributed by atoms with Gasteiger partial charge in [0.15, 0.2) is 17.2 Å². The largest absolute Gasteiger partial charge is 0.508 e. The van der Waals surface area contributed by atoms with Crippen LogP contribution in [0.3, 0.4) is 0 Å². The molecular weight excluding hydrogens is 1440 g/mol. The number of halogens is 7. The van der Waals surface area contributed by atoms with Crippen molar-refractivity contribution in [3.8, 4) is 51.7 Å². The van der Waals surface area contributed by atoms with E-state index < -0.39 is 48.6 Å². The number of aryl methyl sites for hydroxylation is 4. The molecule has 0 aliphatic carbocycles. The van der Waals surface area contributed by atoms with E-state index in [1.807, 2.05) is 139 Å². The predicted octanol–water partition coefficient (Wildman–Crippen LogP) is 20.5. The van der Waals surface area contributed by atoms with Crippen molar-refractivity contribution >= 4 is 81.6 Å². The highest BCUT2D eigenvalue weighted by molar-refractivity contribution is 7.22. The molecular formula is C85H76F7N3O9S3. The van der Waals surface area contributed by atoms with Crippen molar-refractivity contribution in [3.63, 3.8) is 0 Å². The van der Waals surface area contributed by atoms with E-state index in [2.05, 4.69) is 0 Å². The number of phenols is 3. The van der Waals surface area contributed by atoms with E-state index in [4.69, 9.17) is 14.2 Å². The molecule has 3 N–H and O–H groups in total. The lowest BCUT2D eigenvalue weighted by atomic mass is 10.00. The van der Waals surface area contributed by atoms with Crippen LogP contribution in [0.5, 0.6) is 51.7 Å². The fourth-order valence-electron chi connectivity index (χ4n) is 13.2. The number of alkyl halides is 6. The van der Waals surface area contributed by atoms with E-state index in [1.165, 1.54) is 46.9 Å². The molecule has 3 aliphatic rings. The van der Waals surface area contributed by atoms with Crippen LogP contribution in [0, 0.1) is 51.3 Å². The Bertz CT molecular complexity index is 5200. The summed E-state index contributed by atoms with van der Waals surface area (Å²) >= 11 is 3.75. The summed E-state index contributed by atoms with van der Waals surface area (Å²) in [5.74, 6) is 0.446. The zero-order valence-corrected chi connectivity index (χ0v) is 61.3. The Hall–Kier alpha value is -9.94. The van der Waals surface area contributed by atoms with Crippen LogP contribution >= 0.6 is 34.0 Å². The number of ether oxygens (including phenoxy) is 3. The number of fused-ring (bicyclic) bond motifs is 3. The molecule has 0 spiro atoms. The predicted molar refractivity (Wildman–Crippen MR) is 407 cm³/mol. The van der Waals surface area contributed by atoms with Gasteiger partial charge >= 0.3 is 0 Å². The van der Waals surface area contributed by atoms with Crippen molar-refractivity contribution < 1.29 is 74.6 Å². The number of rotatable bonds is 24. The van der Waals surface area contributed by atoms with Crippen LogP contribution in [0.1, 0.15) is 84.6 Å². The number of hydrogen-bond donors (Lipinski definition) is 3. The van der Waals surface area contributed by atoms with Gasteiger partial charge in [0.25, 0.3) is 0 Å². The fraction of sp³-hybridized carbons (Fsp3) is 0.259. The van der Waals surface area contributed by atoms with Crippen LogP contribution < -0.4 is 14.2 Å². The summed E-state index contributed by atoms with van der Waals surface area (Å²) in [5.41, 5.74) is 8.31. The van der Waals surface area contributed by atoms with Crippen LogP contribution in [0.2, 0.25) is 0 Å². The number of nitrogens with zero attached hydrogens (tertiary/aromatic N) is 3. The van der Waals surface area contributed by atoms with Crippen LogP contribution in [-0.4, -0.2) is 126 Å². The van der Waals surface area contributed by atoms with Crippen LogP contribution in [0.25, 0.3) is 30.3 Å². The first-order valence-corrected chi connectivity index (χ1v) is 37.5. The van der Waals surface area contributed by atoms with Crippen molar-refractivity contribution in [2.24, 2.45) is 17.8 Å². The standard InChI is InChI=1S/2C29H27F2NO3S.C27H22F3NO3S/c1-17-3-9-23(18(2)13-17)26(34)28-27(24-10-6-21(33)14-25(24)36-28)35-22-7-4-19(5-8-22)11-12-32-15-20(16-32)29(30)31;1-17-3-4-18(2)24(13-17)26(34)28-27(23-10-7-21(33)14-25(23)36-28)35-22-8-5-19(6-9-22)11-12-32-15-20(16-32)29(30)31;28-22-4-2-1-3-20(22)24(33)26-25(21-10-7-18(32)13-23(21)35-26)34-19-8-5-16(6-9-19)11-12-31-14-17(15-31)27(29)30/h2*3-10,13-14,20,29,33H,11-12,15-16H2,1-2H3;1-10,13,17,27,32H,11-12,14-15H2. The number of aromatic hydroxyl groups is 3. The van der Waals surface area contributed by atoms with E-state index in [-0.39, 0.29) is 39.3 Å². The zero-order valence-electron chi connectivity index (χ0n) is 58.9. The van der Waals surface area contributed by atoms with Gasteiger partial charge in [0.1, 0.15) is 54.9 Å². The molecule has 12 nitrogen and oxygen atoms in total. The van der Waals surface area contributed by atoms with Crippen LogP contribution in [0.15, 0.2) is 188 Å². The number of thiophene rings is 3. The molecule has 0 saturated carbocycles. The van der Waals surface area contributed by atoms with E-state index in [1.54, 1.807) is 66.7 Å². The molecule has 3 aliphatic heterocycles. The van der Waals surface area contributed by atoms with E-state index >= 15 is 0 Å². The first kappa shape index (κ1) is 75.3. The van der Waals surface area contributed by atoms with Gasteiger partial charge in [-0.15, -0.1) is 34.0 Å². The highest BCUT2D eigenvalue weighted by atomic mass is 32.1. The maximum absolute atomic E-state index is 14.3. The zero-order chi connectivity index (χ0) is 75.3.